The number of allylic oxidation sites excluding steroid dienone is 1. The number of ketones is 2. The lowest BCUT2D eigenvalue weighted by molar-refractivity contribution is 0.0990. The third-order valence-corrected chi connectivity index (χ3v) is 6.21. The van der Waals surface area contributed by atoms with Crippen molar-refractivity contribution in [2.45, 2.75) is 0 Å². The minimum Gasteiger partial charge on any atom is -0.437 e. The van der Waals surface area contributed by atoms with Gasteiger partial charge in [0.2, 0.25) is 5.71 Å². The number of rotatable bonds is 2. The zero-order chi connectivity index (χ0) is 19.4. The van der Waals surface area contributed by atoms with Gasteiger partial charge in [0.25, 0.3) is 0 Å². The Hall–Kier alpha value is -2.73. The molecule has 4 aromatic rings. The number of Topliss-reactive ketones (excluding diaryl/α,β-unsaturated/α-hetero) is 2. The summed E-state index contributed by atoms with van der Waals surface area (Å²) in [7, 11) is 0. The highest BCUT2D eigenvalue weighted by molar-refractivity contribution is 7.21. The number of nitrogens with zero attached hydrogens (tertiary/aromatic N) is 1. The van der Waals surface area contributed by atoms with Crippen LogP contribution < -0.4 is 0 Å². The highest BCUT2D eigenvalue weighted by Gasteiger charge is 2.34. The van der Waals surface area contributed by atoms with Gasteiger partial charge in [-0.3, -0.25) is 9.59 Å². The Morgan fingerprint density at radius 1 is 0.929 bits per heavy atom. The summed E-state index contributed by atoms with van der Waals surface area (Å²) in [5, 5.41) is 1.32. The van der Waals surface area contributed by atoms with E-state index in [0.717, 1.165) is 15.3 Å². The van der Waals surface area contributed by atoms with E-state index in [2.05, 4.69) is 4.98 Å². The topological polar surface area (TPSA) is 60.2 Å². The molecule has 0 N–H and O–H groups in total. The van der Waals surface area contributed by atoms with Crippen LogP contribution in [-0.4, -0.2) is 16.6 Å². The maximum absolute atomic E-state index is 12.6. The van der Waals surface area contributed by atoms with Crippen molar-refractivity contribution in [1.82, 2.24) is 4.98 Å². The quantitative estimate of drug-likeness (QED) is 0.278. The molecule has 136 valence electrons. The van der Waals surface area contributed by atoms with Gasteiger partial charge in [-0.25, -0.2) is 4.98 Å². The number of furan rings is 1. The molecule has 0 saturated heterocycles. The fraction of sp³-hybridized carbons (Fsp3) is 0. The van der Waals surface area contributed by atoms with Crippen LogP contribution in [0.4, 0.5) is 0 Å². The van der Waals surface area contributed by atoms with Gasteiger partial charge in [-0.1, -0.05) is 53.5 Å². The van der Waals surface area contributed by atoms with Crippen molar-refractivity contribution in [3.05, 3.63) is 81.0 Å². The molecule has 0 saturated carbocycles. The molecule has 0 radical (unpaired) electrons. The van der Waals surface area contributed by atoms with Gasteiger partial charge in [0.1, 0.15) is 10.8 Å². The van der Waals surface area contributed by atoms with E-state index in [1.165, 1.54) is 29.5 Å². The fourth-order valence-electron chi connectivity index (χ4n) is 3.12. The number of aromatic nitrogens is 1. The second-order valence-electron chi connectivity index (χ2n) is 6.23. The van der Waals surface area contributed by atoms with Crippen LogP contribution in [0.15, 0.2) is 58.5 Å². The maximum Gasteiger partial charge on any atom is 0.238 e. The molecule has 4 nitrogen and oxygen atoms in total. The summed E-state index contributed by atoms with van der Waals surface area (Å²) in [6.07, 6.45) is 1.45. The zero-order valence-corrected chi connectivity index (χ0v) is 16.4. The standard InChI is InChI=1S/C21H9Cl2NO3S/c22-15-8-12-13(9-16(15)23)19(26)14(18(12)25)6-11-7-17-20(27-11)24-21(28-17)10-4-2-1-3-5-10/h1-9H. The molecular weight excluding hydrogens is 417 g/mol. The first kappa shape index (κ1) is 17.4. The first-order valence-electron chi connectivity index (χ1n) is 8.27. The molecule has 2 aromatic heterocycles. The molecule has 0 aliphatic heterocycles. The lowest BCUT2D eigenvalue weighted by Gasteiger charge is -1.98. The van der Waals surface area contributed by atoms with E-state index in [-0.39, 0.29) is 26.7 Å². The maximum atomic E-state index is 12.6. The first-order valence-corrected chi connectivity index (χ1v) is 9.84. The summed E-state index contributed by atoms with van der Waals surface area (Å²) >= 11 is 13.4. The minimum absolute atomic E-state index is 0.0259. The number of halogens is 2. The summed E-state index contributed by atoms with van der Waals surface area (Å²) in [6, 6.07) is 14.4. The molecule has 2 heterocycles. The Balaban J connectivity index is 1.53. The molecule has 0 fully saturated rings. The summed E-state index contributed by atoms with van der Waals surface area (Å²) in [5.41, 5.74) is 2.01. The van der Waals surface area contributed by atoms with Crippen molar-refractivity contribution in [3.63, 3.8) is 0 Å². The van der Waals surface area contributed by atoms with E-state index in [1.54, 1.807) is 6.07 Å². The zero-order valence-electron chi connectivity index (χ0n) is 14.0. The molecule has 0 spiro atoms. The summed E-state index contributed by atoms with van der Waals surface area (Å²) in [4.78, 5) is 29.7. The number of thiazole rings is 1. The van der Waals surface area contributed by atoms with Crippen LogP contribution in [0, 0.1) is 0 Å². The molecule has 0 unspecified atom stereocenters. The van der Waals surface area contributed by atoms with Crippen molar-refractivity contribution in [2.75, 3.05) is 0 Å². The number of carbonyl (C=O) groups is 2. The highest BCUT2D eigenvalue weighted by Crippen LogP contribution is 2.36. The molecule has 0 amide bonds. The second-order valence-corrected chi connectivity index (χ2v) is 8.08. The first-order chi connectivity index (χ1) is 13.5. The number of hydrogen-bond donors (Lipinski definition) is 0. The Morgan fingerprint density at radius 3 is 2.18 bits per heavy atom. The fourth-order valence-corrected chi connectivity index (χ4v) is 4.38. The van der Waals surface area contributed by atoms with Gasteiger partial charge >= 0.3 is 0 Å². The van der Waals surface area contributed by atoms with Crippen molar-refractivity contribution in [3.8, 4) is 10.6 Å². The van der Waals surface area contributed by atoms with Crippen LogP contribution in [0.2, 0.25) is 10.0 Å². The second kappa shape index (κ2) is 6.41. The molecule has 0 bridgehead atoms. The molecule has 0 atom stereocenters. The van der Waals surface area contributed by atoms with Gasteiger partial charge in [0.15, 0.2) is 11.6 Å². The molecule has 1 aliphatic carbocycles. The lowest BCUT2D eigenvalue weighted by atomic mass is 10.1. The van der Waals surface area contributed by atoms with Gasteiger partial charge in [0, 0.05) is 22.8 Å². The third-order valence-electron chi connectivity index (χ3n) is 4.45. The molecule has 2 aromatic carbocycles. The van der Waals surface area contributed by atoms with Crippen LogP contribution in [0.3, 0.4) is 0 Å². The van der Waals surface area contributed by atoms with Crippen molar-refractivity contribution in [2.24, 2.45) is 0 Å². The molecular formula is C21H9Cl2NO3S. The predicted octanol–water partition coefficient (Wildman–Crippen LogP) is 6.33. The van der Waals surface area contributed by atoms with Crippen LogP contribution >= 0.6 is 34.5 Å². The monoisotopic (exact) mass is 425 g/mol. The summed E-state index contributed by atoms with van der Waals surface area (Å²) in [5.74, 6) is -0.387. The Labute approximate surface area is 173 Å². The number of carbonyl (C=O) groups excluding carboxylic acids is 2. The van der Waals surface area contributed by atoms with Gasteiger partial charge in [-0.15, -0.1) is 11.3 Å². The number of fused-ring (bicyclic) bond motifs is 2. The summed E-state index contributed by atoms with van der Waals surface area (Å²) in [6.45, 7) is 0. The SMILES string of the molecule is O=C1C(=Cc2cc3sc(-c4ccccc4)nc3o2)C(=O)c2cc(Cl)c(Cl)cc21. The van der Waals surface area contributed by atoms with Crippen LogP contribution in [0.1, 0.15) is 26.5 Å². The van der Waals surface area contributed by atoms with E-state index in [0.29, 0.717) is 11.5 Å². The Morgan fingerprint density at radius 2 is 1.57 bits per heavy atom. The summed E-state index contributed by atoms with van der Waals surface area (Å²) < 4.78 is 6.58. The highest BCUT2D eigenvalue weighted by atomic mass is 35.5. The van der Waals surface area contributed by atoms with Gasteiger partial charge < -0.3 is 4.42 Å². The average Bonchev–Trinajstić information content (AvgIpc) is 3.31. The van der Waals surface area contributed by atoms with Crippen molar-refractivity contribution < 1.29 is 14.0 Å². The number of hydrogen-bond acceptors (Lipinski definition) is 5. The largest absolute Gasteiger partial charge is 0.437 e. The third kappa shape index (κ3) is 2.71. The van der Waals surface area contributed by atoms with Crippen molar-refractivity contribution in [1.29, 1.82) is 0 Å². The molecule has 28 heavy (non-hydrogen) atoms. The van der Waals surface area contributed by atoms with E-state index in [1.807, 2.05) is 30.3 Å². The van der Waals surface area contributed by atoms with Gasteiger partial charge in [-0.2, -0.15) is 0 Å². The van der Waals surface area contributed by atoms with Gasteiger partial charge in [0.05, 0.1) is 20.3 Å². The normalized spacial score (nSPS) is 13.4. The van der Waals surface area contributed by atoms with E-state index in [9.17, 15) is 9.59 Å². The predicted molar refractivity (Wildman–Crippen MR) is 110 cm³/mol. The van der Waals surface area contributed by atoms with E-state index < -0.39 is 11.6 Å². The average molecular weight is 426 g/mol. The number of benzene rings is 2. The molecule has 5 rings (SSSR count). The van der Waals surface area contributed by atoms with E-state index in [4.69, 9.17) is 27.6 Å². The Bertz CT molecular complexity index is 1240. The molecule has 7 heteroatoms. The van der Waals surface area contributed by atoms with Gasteiger partial charge in [-0.05, 0) is 18.2 Å². The van der Waals surface area contributed by atoms with Crippen LogP contribution in [0.25, 0.3) is 27.1 Å². The Kier molecular flexibility index (Phi) is 3.98. The lowest BCUT2D eigenvalue weighted by Crippen LogP contribution is -1.99. The van der Waals surface area contributed by atoms with Crippen LogP contribution in [-0.2, 0) is 0 Å². The van der Waals surface area contributed by atoms with Crippen molar-refractivity contribution >= 4 is 62.6 Å². The van der Waals surface area contributed by atoms with E-state index >= 15 is 0 Å². The van der Waals surface area contributed by atoms with Crippen LogP contribution in [0.5, 0.6) is 0 Å². The smallest absolute Gasteiger partial charge is 0.238 e. The minimum atomic E-state index is -0.392. The molecule has 1 aliphatic rings.